The first-order valence-corrected chi connectivity index (χ1v) is 8.24. The van der Waals surface area contributed by atoms with Gasteiger partial charge in [-0.3, -0.25) is 0 Å². The Balaban J connectivity index is 2.08. The van der Waals surface area contributed by atoms with E-state index in [1.807, 2.05) is 0 Å². The Hall–Kier alpha value is -0.580. The summed E-state index contributed by atoms with van der Waals surface area (Å²) in [7, 11) is 0. The molecule has 4 heteroatoms. The van der Waals surface area contributed by atoms with Gasteiger partial charge >= 0.3 is 0 Å². The number of nitrogens with zero attached hydrogens (tertiary/aromatic N) is 1. The van der Waals surface area contributed by atoms with Gasteiger partial charge in [-0.1, -0.05) is 35.8 Å². The molecule has 1 saturated heterocycles. The van der Waals surface area contributed by atoms with E-state index >= 15 is 0 Å². The molecule has 0 bridgehead atoms. The number of rotatable bonds is 6. The molecule has 0 amide bonds. The molecular formula is C16H25BrN2O. The fourth-order valence-corrected chi connectivity index (χ4v) is 3.03. The molecule has 0 spiro atoms. The minimum atomic E-state index is 0.297. The van der Waals surface area contributed by atoms with Crippen molar-refractivity contribution in [1.29, 1.82) is 0 Å². The molecule has 0 aromatic heterocycles. The second-order valence-corrected chi connectivity index (χ2v) is 7.00. The second kappa shape index (κ2) is 7.43. The van der Waals surface area contributed by atoms with Crippen LogP contribution in [0.15, 0.2) is 22.7 Å². The number of nitrogens with one attached hydrogen (secondary N) is 1. The van der Waals surface area contributed by atoms with E-state index < -0.39 is 0 Å². The quantitative estimate of drug-likeness (QED) is 0.835. The summed E-state index contributed by atoms with van der Waals surface area (Å²) in [5, 5.41) is 12.8. The average Bonchev–Trinajstić information content (AvgIpc) is 2.88. The Kier molecular flexibility index (Phi) is 5.87. The molecule has 2 N–H and O–H groups in total. The van der Waals surface area contributed by atoms with Gasteiger partial charge in [0.05, 0.1) is 0 Å². The fourth-order valence-electron chi connectivity index (χ4n) is 2.68. The third kappa shape index (κ3) is 4.21. The van der Waals surface area contributed by atoms with Gasteiger partial charge in [0.2, 0.25) is 0 Å². The lowest BCUT2D eigenvalue weighted by Crippen LogP contribution is -2.24. The Morgan fingerprint density at radius 3 is 2.90 bits per heavy atom. The highest BCUT2D eigenvalue weighted by molar-refractivity contribution is 9.10. The van der Waals surface area contributed by atoms with E-state index in [0.29, 0.717) is 18.4 Å². The monoisotopic (exact) mass is 340 g/mol. The predicted molar refractivity (Wildman–Crippen MR) is 88.1 cm³/mol. The number of anilines is 1. The molecule has 20 heavy (non-hydrogen) atoms. The molecule has 1 heterocycles. The summed E-state index contributed by atoms with van der Waals surface area (Å²) >= 11 is 3.57. The Morgan fingerprint density at radius 2 is 2.25 bits per heavy atom. The maximum atomic E-state index is 9.31. The van der Waals surface area contributed by atoms with Crippen LogP contribution in [0.5, 0.6) is 0 Å². The fraction of sp³-hybridized carbons (Fsp3) is 0.625. The lowest BCUT2D eigenvalue weighted by Gasteiger charge is -2.23. The van der Waals surface area contributed by atoms with Crippen molar-refractivity contribution in [3.63, 3.8) is 0 Å². The van der Waals surface area contributed by atoms with Crippen molar-refractivity contribution in [2.24, 2.45) is 11.8 Å². The highest BCUT2D eigenvalue weighted by atomic mass is 79.9. The maximum absolute atomic E-state index is 9.31. The molecule has 1 aromatic carbocycles. The first kappa shape index (κ1) is 15.8. The minimum Gasteiger partial charge on any atom is -0.396 e. The van der Waals surface area contributed by atoms with Gasteiger partial charge in [0.15, 0.2) is 0 Å². The van der Waals surface area contributed by atoms with Crippen LogP contribution >= 0.6 is 15.9 Å². The molecule has 1 aromatic rings. The van der Waals surface area contributed by atoms with E-state index in [4.69, 9.17) is 0 Å². The molecule has 1 aliphatic rings. The van der Waals surface area contributed by atoms with Gasteiger partial charge in [0, 0.05) is 42.3 Å². The van der Waals surface area contributed by atoms with Crippen LogP contribution in [0.1, 0.15) is 25.8 Å². The molecule has 1 aliphatic heterocycles. The third-order valence-corrected chi connectivity index (χ3v) is 4.29. The first-order chi connectivity index (χ1) is 9.60. The highest BCUT2D eigenvalue weighted by Crippen LogP contribution is 2.29. The standard InChI is InChI=1S/C16H25BrN2O/c1-12(2)8-18-9-14-3-4-15(17)7-16(14)19-6-5-13(10-19)11-20/h3-4,7,12-13,18,20H,5-6,8-11H2,1-2H3. The van der Waals surface area contributed by atoms with Crippen molar-refractivity contribution in [3.8, 4) is 0 Å². The summed E-state index contributed by atoms with van der Waals surface area (Å²) in [5.41, 5.74) is 2.64. The van der Waals surface area contributed by atoms with Crippen LogP contribution in [-0.4, -0.2) is 31.3 Å². The van der Waals surface area contributed by atoms with Crippen LogP contribution in [0.4, 0.5) is 5.69 Å². The Labute approximate surface area is 130 Å². The highest BCUT2D eigenvalue weighted by Gasteiger charge is 2.23. The zero-order valence-electron chi connectivity index (χ0n) is 12.4. The van der Waals surface area contributed by atoms with Crippen LogP contribution < -0.4 is 10.2 Å². The van der Waals surface area contributed by atoms with E-state index in [9.17, 15) is 5.11 Å². The average molecular weight is 341 g/mol. The zero-order chi connectivity index (χ0) is 14.5. The SMILES string of the molecule is CC(C)CNCc1ccc(Br)cc1N1CCC(CO)C1. The van der Waals surface area contributed by atoms with Crippen LogP contribution in [0.3, 0.4) is 0 Å². The molecule has 1 unspecified atom stereocenters. The molecule has 1 fully saturated rings. The third-order valence-electron chi connectivity index (χ3n) is 3.80. The largest absolute Gasteiger partial charge is 0.396 e. The van der Waals surface area contributed by atoms with Gasteiger partial charge in [-0.25, -0.2) is 0 Å². The summed E-state index contributed by atoms with van der Waals surface area (Å²) in [5.74, 6) is 1.09. The Morgan fingerprint density at radius 1 is 1.45 bits per heavy atom. The van der Waals surface area contributed by atoms with Crippen molar-refractivity contribution in [2.75, 3.05) is 31.1 Å². The summed E-state index contributed by atoms with van der Waals surface area (Å²) in [6.07, 6.45) is 1.09. The second-order valence-electron chi connectivity index (χ2n) is 6.08. The summed E-state index contributed by atoms with van der Waals surface area (Å²) in [6, 6.07) is 6.50. The zero-order valence-corrected chi connectivity index (χ0v) is 14.0. The van der Waals surface area contributed by atoms with Gasteiger partial charge in [0.25, 0.3) is 0 Å². The maximum Gasteiger partial charge on any atom is 0.0476 e. The predicted octanol–water partition coefficient (Wildman–Crippen LogP) is 3.01. The van der Waals surface area contributed by atoms with Crippen molar-refractivity contribution in [1.82, 2.24) is 5.32 Å². The number of aliphatic hydroxyl groups is 1. The van der Waals surface area contributed by atoms with E-state index in [1.165, 1.54) is 11.3 Å². The van der Waals surface area contributed by atoms with Gasteiger partial charge in [-0.05, 0) is 36.6 Å². The molecule has 2 rings (SSSR count). The first-order valence-electron chi connectivity index (χ1n) is 7.45. The molecule has 0 radical (unpaired) electrons. The lowest BCUT2D eigenvalue weighted by molar-refractivity contribution is 0.238. The summed E-state index contributed by atoms with van der Waals surface area (Å²) in [6.45, 7) is 8.69. The van der Waals surface area contributed by atoms with Crippen LogP contribution in [0.25, 0.3) is 0 Å². The molecule has 0 saturated carbocycles. The van der Waals surface area contributed by atoms with E-state index in [2.05, 4.69) is 58.2 Å². The van der Waals surface area contributed by atoms with Gasteiger partial charge < -0.3 is 15.3 Å². The summed E-state index contributed by atoms with van der Waals surface area (Å²) < 4.78 is 1.12. The van der Waals surface area contributed by atoms with Gasteiger partial charge in [-0.2, -0.15) is 0 Å². The molecular weight excluding hydrogens is 316 g/mol. The number of aliphatic hydroxyl groups excluding tert-OH is 1. The van der Waals surface area contributed by atoms with Crippen LogP contribution in [0.2, 0.25) is 0 Å². The van der Waals surface area contributed by atoms with Crippen molar-refractivity contribution in [2.45, 2.75) is 26.8 Å². The minimum absolute atomic E-state index is 0.297. The lowest BCUT2D eigenvalue weighted by atomic mass is 10.1. The van der Waals surface area contributed by atoms with E-state index in [-0.39, 0.29) is 0 Å². The normalized spacial score (nSPS) is 19.1. The number of benzene rings is 1. The van der Waals surface area contributed by atoms with Crippen molar-refractivity contribution >= 4 is 21.6 Å². The number of hydrogen-bond acceptors (Lipinski definition) is 3. The van der Waals surface area contributed by atoms with Gasteiger partial charge in [0.1, 0.15) is 0 Å². The van der Waals surface area contributed by atoms with Gasteiger partial charge in [-0.15, -0.1) is 0 Å². The summed E-state index contributed by atoms with van der Waals surface area (Å²) in [4.78, 5) is 2.40. The number of halogens is 1. The molecule has 1 atom stereocenters. The van der Waals surface area contributed by atoms with Crippen LogP contribution in [-0.2, 0) is 6.54 Å². The van der Waals surface area contributed by atoms with Crippen LogP contribution in [0, 0.1) is 11.8 Å². The Bertz CT molecular complexity index is 436. The van der Waals surface area contributed by atoms with E-state index in [0.717, 1.165) is 37.1 Å². The smallest absolute Gasteiger partial charge is 0.0476 e. The molecule has 112 valence electrons. The molecule has 0 aliphatic carbocycles. The molecule has 3 nitrogen and oxygen atoms in total. The topological polar surface area (TPSA) is 35.5 Å². The van der Waals surface area contributed by atoms with Crippen molar-refractivity contribution in [3.05, 3.63) is 28.2 Å². The van der Waals surface area contributed by atoms with E-state index in [1.54, 1.807) is 0 Å². The number of hydrogen-bond donors (Lipinski definition) is 2. The van der Waals surface area contributed by atoms with Crippen molar-refractivity contribution < 1.29 is 5.11 Å².